The quantitative estimate of drug-likeness (QED) is 0.146. The van der Waals surface area contributed by atoms with Crippen molar-refractivity contribution in [3.63, 3.8) is 0 Å². The van der Waals surface area contributed by atoms with E-state index < -0.39 is 29.5 Å². The summed E-state index contributed by atoms with van der Waals surface area (Å²) < 4.78 is 27.3. The fraction of sp³-hybridized carbons (Fsp3) is 0.562. The lowest BCUT2D eigenvalue weighted by Crippen LogP contribution is -2.58. The van der Waals surface area contributed by atoms with E-state index >= 15 is 4.39 Å². The Bertz CT molecular complexity index is 2210. The second-order valence-electron chi connectivity index (χ2n) is 19.1. The van der Waals surface area contributed by atoms with Crippen molar-refractivity contribution in [2.45, 2.75) is 125 Å². The maximum absolute atomic E-state index is 15.6. The standard InChI is InChI=1S/C48H64FN9O6S/c1-6-58-39(13-11-38(54-58)45(60)61)32-14-20-55(21-15-32)35-16-22-56(23-17-35)40-12-10-33(26-37(40)49)44(59)52-34-8-7-9-36(27-34)65-42-29-50-41(28-51-42)57-24-18-48(19-25-57)30-63-31(2)43(48)53-46(62)64-47(3,4)5/h7-10,12,14,26-29,31,35,38-39,43,54H,6,11,13,15-25,30H2,1-5H3,(H,52,59)(H,53,62)(H,60,61)/t31-,38?,39?,43+/m0/s1. The summed E-state index contributed by atoms with van der Waals surface area (Å²) in [4.78, 5) is 54.7. The van der Waals surface area contributed by atoms with Crippen LogP contribution < -0.4 is 25.9 Å². The van der Waals surface area contributed by atoms with Gasteiger partial charge >= 0.3 is 12.1 Å². The number of aliphatic carboxylic acids is 1. The van der Waals surface area contributed by atoms with E-state index in [2.05, 4.69) is 48.8 Å². The van der Waals surface area contributed by atoms with E-state index in [9.17, 15) is 19.5 Å². The molecule has 2 aromatic carbocycles. The van der Waals surface area contributed by atoms with Gasteiger partial charge in [-0.05, 0) is 109 Å². The lowest BCUT2D eigenvalue weighted by molar-refractivity contribution is -0.143. The summed E-state index contributed by atoms with van der Waals surface area (Å²) in [5.41, 5.74) is 5.19. The van der Waals surface area contributed by atoms with Gasteiger partial charge in [-0.2, -0.15) is 0 Å². The van der Waals surface area contributed by atoms with Crippen molar-refractivity contribution >= 4 is 46.9 Å². The maximum Gasteiger partial charge on any atom is 0.407 e. The summed E-state index contributed by atoms with van der Waals surface area (Å²) >= 11 is 1.44. The van der Waals surface area contributed by atoms with Crippen LogP contribution in [0.25, 0.3) is 0 Å². The Kier molecular flexibility index (Phi) is 14.3. The molecule has 4 fully saturated rings. The zero-order valence-corrected chi connectivity index (χ0v) is 39.0. The number of hydrogen-bond donors (Lipinski definition) is 4. The van der Waals surface area contributed by atoms with Gasteiger partial charge in [-0.1, -0.05) is 36.4 Å². The minimum Gasteiger partial charge on any atom is -0.480 e. The van der Waals surface area contributed by atoms with Crippen molar-refractivity contribution in [3.8, 4) is 0 Å². The lowest BCUT2D eigenvalue weighted by atomic mass is 9.73. The number of anilines is 3. The number of alkyl carbamates (subject to hydrolysis) is 1. The van der Waals surface area contributed by atoms with Crippen molar-refractivity contribution < 1.29 is 33.4 Å². The highest BCUT2D eigenvalue weighted by atomic mass is 32.2. The average Bonchev–Trinajstić information content (AvgIpc) is 3.58. The lowest BCUT2D eigenvalue weighted by Gasteiger charge is -2.44. The van der Waals surface area contributed by atoms with Crippen LogP contribution in [-0.4, -0.2) is 131 Å². The predicted molar refractivity (Wildman–Crippen MR) is 249 cm³/mol. The van der Waals surface area contributed by atoms with Gasteiger partial charge < -0.3 is 35.0 Å². The zero-order chi connectivity index (χ0) is 45.9. The largest absolute Gasteiger partial charge is 0.480 e. The van der Waals surface area contributed by atoms with Gasteiger partial charge in [-0.15, -0.1) is 0 Å². The topological polar surface area (TPSA) is 165 Å². The molecule has 4 N–H and O–H groups in total. The number of amides is 2. The van der Waals surface area contributed by atoms with Gasteiger partial charge in [0.15, 0.2) is 0 Å². The molecule has 15 nitrogen and oxygen atoms in total. The Hall–Kier alpha value is -4.81. The number of aromatic nitrogens is 2. The number of ether oxygens (including phenoxy) is 2. The number of carbonyl (C=O) groups is 3. The summed E-state index contributed by atoms with van der Waals surface area (Å²) in [5, 5.41) is 18.3. The van der Waals surface area contributed by atoms with Gasteiger partial charge in [-0.3, -0.25) is 14.5 Å². The van der Waals surface area contributed by atoms with E-state index in [1.807, 2.05) is 45.9 Å². The first kappa shape index (κ1) is 46.7. The molecule has 4 atom stereocenters. The van der Waals surface area contributed by atoms with Crippen molar-refractivity contribution in [3.05, 3.63) is 77.9 Å². The molecule has 350 valence electrons. The molecule has 8 rings (SSSR count). The maximum atomic E-state index is 15.6. The van der Waals surface area contributed by atoms with Crippen LogP contribution in [0.2, 0.25) is 0 Å². The molecule has 1 aromatic heterocycles. The summed E-state index contributed by atoms with van der Waals surface area (Å²) in [6.07, 6.45) is 11.3. The third-order valence-electron chi connectivity index (χ3n) is 13.7. The number of hydrogen-bond acceptors (Lipinski definition) is 13. The molecule has 2 amide bonds. The molecule has 5 aliphatic heterocycles. The van der Waals surface area contributed by atoms with E-state index in [0.29, 0.717) is 35.5 Å². The normalized spacial score (nSPS) is 24.4. The molecule has 2 unspecified atom stereocenters. The second kappa shape index (κ2) is 20.0. The number of rotatable bonds is 11. The highest BCUT2D eigenvalue weighted by molar-refractivity contribution is 7.99. The minimum absolute atomic E-state index is 0.107. The molecule has 65 heavy (non-hydrogen) atoms. The third-order valence-corrected chi connectivity index (χ3v) is 14.7. The number of nitrogens with one attached hydrogen (secondary N) is 3. The number of halogens is 1. The van der Waals surface area contributed by atoms with Crippen LogP contribution in [0.15, 0.2) is 76.4 Å². The first-order chi connectivity index (χ1) is 31.2. The van der Waals surface area contributed by atoms with E-state index in [0.717, 1.165) is 95.1 Å². The molecule has 1 spiro atoms. The SMILES string of the molecule is CCN1NC(C(=O)O)CCC1C1=CCN(C2CCN(c3ccc(C(=O)Nc4cccc(Sc5cnc(N6CCC7(CC6)CO[C@@H](C)[C@H]7NC(=O)OC(C)(C)C)cn5)c4)cc3F)CC2)CC1. The Labute approximate surface area is 385 Å². The smallest absolute Gasteiger partial charge is 0.407 e. The second-order valence-corrected chi connectivity index (χ2v) is 20.2. The molecule has 17 heteroatoms. The van der Waals surface area contributed by atoms with E-state index in [1.54, 1.807) is 30.6 Å². The number of carbonyl (C=O) groups excluding carboxylic acids is 2. The Morgan fingerprint density at radius 2 is 1.78 bits per heavy atom. The van der Waals surface area contributed by atoms with Gasteiger partial charge in [0.2, 0.25) is 0 Å². The molecule has 4 saturated heterocycles. The molecule has 6 heterocycles. The minimum atomic E-state index is -0.798. The van der Waals surface area contributed by atoms with Crippen LogP contribution in [0, 0.1) is 11.2 Å². The molecule has 0 radical (unpaired) electrons. The van der Waals surface area contributed by atoms with Gasteiger partial charge in [0, 0.05) is 79.5 Å². The summed E-state index contributed by atoms with van der Waals surface area (Å²) in [7, 11) is 0. The molecule has 0 saturated carbocycles. The van der Waals surface area contributed by atoms with Crippen LogP contribution >= 0.6 is 11.8 Å². The number of hydrazine groups is 1. The number of carboxylic acids is 1. The molecular formula is C48H64FN9O6S. The fourth-order valence-corrected chi connectivity index (χ4v) is 11.0. The molecule has 0 aliphatic carbocycles. The number of benzene rings is 2. The van der Waals surface area contributed by atoms with Crippen LogP contribution in [-0.2, 0) is 14.3 Å². The summed E-state index contributed by atoms with van der Waals surface area (Å²) in [6.45, 7) is 15.8. The highest BCUT2D eigenvalue weighted by Gasteiger charge is 2.50. The Balaban J connectivity index is 0.794. The summed E-state index contributed by atoms with van der Waals surface area (Å²) in [6, 6.07) is 12.2. The number of piperidine rings is 2. The summed E-state index contributed by atoms with van der Waals surface area (Å²) in [5.74, 6) is -0.809. The first-order valence-corrected chi connectivity index (χ1v) is 24.0. The zero-order valence-electron chi connectivity index (χ0n) is 38.2. The van der Waals surface area contributed by atoms with E-state index in [1.165, 1.54) is 23.4 Å². The van der Waals surface area contributed by atoms with Crippen LogP contribution in [0.3, 0.4) is 0 Å². The third kappa shape index (κ3) is 11.1. The van der Waals surface area contributed by atoms with Crippen LogP contribution in [0.5, 0.6) is 0 Å². The number of nitrogens with zero attached hydrogens (tertiary/aromatic N) is 6. The molecule has 5 aliphatic rings. The van der Waals surface area contributed by atoms with Crippen molar-refractivity contribution in [2.24, 2.45) is 5.41 Å². The van der Waals surface area contributed by atoms with Gasteiger partial charge in [0.05, 0.1) is 36.8 Å². The Morgan fingerprint density at radius 1 is 1.00 bits per heavy atom. The average molecular weight is 914 g/mol. The molecule has 0 bridgehead atoms. The number of likely N-dealkylation sites (N-methyl/N-ethyl adjacent to an activating group) is 1. The van der Waals surface area contributed by atoms with Crippen molar-refractivity contribution in [1.82, 2.24) is 30.6 Å². The van der Waals surface area contributed by atoms with Crippen molar-refractivity contribution in [1.29, 1.82) is 0 Å². The highest BCUT2D eigenvalue weighted by Crippen LogP contribution is 2.43. The monoisotopic (exact) mass is 913 g/mol. The van der Waals surface area contributed by atoms with Crippen LogP contribution in [0.4, 0.5) is 26.4 Å². The molecular weight excluding hydrogens is 850 g/mol. The Morgan fingerprint density at radius 3 is 2.45 bits per heavy atom. The van der Waals surface area contributed by atoms with Gasteiger partial charge in [0.1, 0.15) is 28.3 Å². The van der Waals surface area contributed by atoms with Crippen LogP contribution in [0.1, 0.15) is 89.9 Å². The molecule has 3 aromatic rings. The fourth-order valence-electron chi connectivity index (χ4n) is 10.2. The van der Waals surface area contributed by atoms with E-state index in [4.69, 9.17) is 19.4 Å². The van der Waals surface area contributed by atoms with Gasteiger partial charge in [-0.25, -0.2) is 29.6 Å². The van der Waals surface area contributed by atoms with E-state index in [-0.39, 0.29) is 35.1 Å². The first-order valence-electron chi connectivity index (χ1n) is 23.2. The van der Waals surface area contributed by atoms with Gasteiger partial charge in [0.25, 0.3) is 5.91 Å². The van der Waals surface area contributed by atoms with Crippen molar-refractivity contribution in [2.75, 3.05) is 67.5 Å². The number of carboxylic acid groups (broad SMARTS) is 1. The predicted octanol–water partition coefficient (Wildman–Crippen LogP) is 6.96.